The summed E-state index contributed by atoms with van der Waals surface area (Å²) in [6, 6.07) is 50.8. The molecule has 0 bridgehead atoms. The normalized spacial score (nSPS) is 13.1. The average Bonchev–Trinajstić information content (AvgIpc) is 1.62. The van der Waals surface area contributed by atoms with E-state index in [0.29, 0.717) is 17.1 Å². The molecule has 2 heterocycles. The van der Waals surface area contributed by atoms with E-state index < -0.39 is 5.41 Å². The third-order valence-electron chi connectivity index (χ3n) is 17.9. The van der Waals surface area contributed by atoms with Gasteiger partial charge in [0.2, 0.25) is 0 Å². The second kappa shape index (κ2) is 25.2. The molecule has 0 saturated heterocycles. The van der Waals surface area contributed by atoms with E-state index in [4.69, 9.17) is 9.47 Å². The Hall–Kier alpha value is -6.30. The summed E-state index contributed by atoms with van der Waals surface area (Å²) in [6.45, 7) is 50.6. The van der Waals surface area contributed by atoms with Gasteiger partial charge in [-0.3, -0.25) is 0 Å². The SMILES string of the molecule is CC(C)(C)CC(C)(C)c1cc(-c2cc(F)ccc2OCCOc2c(-c3cccc(F)c3)cc(-n3c4ccc(C(C)(C)C)cc4c4cc(C(C)(C)C)ccc43)cc2C(C)(C)CC(C)(C)C)cc(-n2c3ccc(C(C)(C)C)cc3c3cc(C(C)(C)C)ccc32)c1.[CH3][Zr][CH3]. The molecular weight excluding hydrogens is 1200 g/mol. The van der Waals surface area contributed by atoms with Crippen molar-refractivity contribution < 1.29 is 41.5 Å². The van der Waals surface area contributed by atoms with Crippen LogP contribution in [0.5, 0.6) is 11.5 Å². The van der Waals surface area contributed by atoms with Gasteiger partial charge in [-0.1, -0.05) is 195 Å². The van der Waals surface area contributed by atoms with Crippen molar-refractivity contribution in [2.24, 2.45) is 10.8 Å². The van der Waals surface area contributed by atoms with Crippen molar-refractivity contribution in [3.05, 3.63) is 191 Å². The van der Waals surface area contributed by atoms with Gasteiger partial charge in [0.25, 0.3) is 0 Å². The van der Waals surface area contributed by atoms with Gasteiger partial charge in [0.15, 0.2) is 0 Å². The second-order valence-electron chi connectivity index (χ2n) is 33.8. The first-order valence-electron chi connectivity index (χ1n) is 33.0. The Bertz CT molecular complexity index is 4170. The van der Waals surface area contributed by atoms with E-state index in [2.05, 4.69) is 274 Å². The van der Waals surface area contributed by atoms with Gasteiger partial charge in [-0.15, -0.1) is 0 Å². The maximum absolute atomic E-state index is 16.1. The van der Waals surface area contributed by atoms with Crippen LogP contribution in [-0.4, -0.2) is 22.3 Å². The van der Waals surface area contributed by atoms with Gasteiger partial charge in [0.1, 0.15) is 36.3 Å². The molecule has 0 spiro atoms. The minimum absolute atomic E-state index is 0.0288. The number of halogens is 2. The van der Waals surface area contributed by atoms with E-state index in [1.165, 1.54) is 55.9 Å². The minimum atomic E-state index is -0.419. The van der Waals surface area contributed by atoms with Crippen LogP contribution in [-0.2, 0) is 55.7 Å². The zero-order valence-corrected chi connectivity index (χ0v) is 62.1. The maximum atomic E-state index is 16.1. The van der Waals surface area contributed by atoms with E-state index in [-0.39, 0.29) is 86.0 Å². The molecule has 8 aromatic carbocycles. The van der Waals surface area contributed by atoms with E-state index in [9.17, 15) is 0 Å². The van der Waals surface area contributed by atoms with Crippen molar-refractivity contribution in [3.63, 3.8) is 0 Å². The second-order valence-corrected chi connectivity index (χ2v) is 36.3. The molecule has 0 saturated carbocycles. The van der Waals surface area contributed by atoms with Crippen molar-refractivity contribution in [3.8, 4) is 45.1 Å². The van der Waals surface area contributed by atoms with E-state index in [1.54, 1.807) is 24.3 Å². The molecule has 0 unspecified atom stereocenters. The standard InChI is InChI=1S/C82H98F2N2O2.2CH3.Zr/c1-75(2,3)49-81(19,20)57-38-52(40-60(41-57)85-69-31-26-53(77(7,8)9)42-64(69)65-43-54(78(10,11)12)27-32-70(65)85)62-46-59(84)30-35-73(62)87-36-37-88-74-63(51-24-23-25-58(83)39-51)47-61(48-68(74)82(21,22)50-76(4,5)6)86-71-33-28-55(79(13,14)15)44-66(71)67-45-56(80(16,17)18)29-34-72(67)86;;;/h23-35,38-48H,36-37,49-50H2,1-22H3;2*1H3;. The first-order valence-corrected chi connectivity index (χ1v) is 37.9. The summed E-state index contributed by atoms with van der Waals surface area (Å²) in [6.07, 6.45) is 1.76. The molecule has 0 amide bonds. The fourth-order valence-corrected chi connectivity index (χ4v) is 14.0. The van der Waals surface area contributed by atoms with Gasteiger partial charge >= 0.3 is 32.5 Å². The summed E-state index contributed by atoms with van der Waals surface area (Å²) in [5.74, 6) is 0.567. The number of rotatable bonds is 13. The zero-order chi connectivity index (χ0) is 66.9. The molecule has 0 aliphatic rings. The predicted octanol–water partition coefficient (Wildman–Crippen LogP) is 24.7. The van der Waals surface area contributed by atoms with Crippen molar-refractivity contribution in [1.82, 2.24) is 9.13 Å². The van der Waals surface area contributed by atoms with Gasteiger partial charge in [-0.2, -0.15) is 0 Å². The summed E-state index contributed by atoms with van der Waals surface area (Å²) in [5.41, 5.74) is 15.8. The number of benzene rings is 8. The fraction of sp³-hybridized carbons (Fsp3) is 0.429. The van der Waals surface area contributed by atoms with Crippen molar-refractivity contribution >= 4 is 43.6 Å². The van der Waals surface area contributed by atoms with Crippen molar-refractivity contribution in [1.29, 1.82) is 0 Å². The van der Waals surface area contributed by atoms with Crippen LogP contribution >= 0.6 is 0 Å². The van der Waals surface area contributed by atoms with Crippen LogP contribution in [0.15, 0.2) is 146 Å². The zero-order valence-electron chi connectivity index (χ0n) is 59.7. The Morgan fingerprint density at radius 2 is 0.769 bits per heavy atom. The number of fused-ring (bicyclic) bond motifs is 6. The number of ether oxygens (including phenoxy) is 2. The molecular formula is C84H104F2N2O2Zr. The van der Waals surface area contributed by atoms with Crippen LogP contribution < -0.4 is 9.47 Å². The Morgan fingerprint density at radius 3 is 1.19 bits per heavy atom. The van der Waals surface area contributed by atoms with Crippen LogP contribution in [0.4, 0.5) is 8.78 Å². The fourth-order valence-electron chi connectivity index (χ4n) is 14.0. The molecule has 7 heteroatoms. The van der Waals surface area contributed by atoms with Crippen LogP contribution in [0.2, 0.25) is 9.26 Å². The molecule has 480 valence electrons. The predicted molar refractivity (Wildman–Crippen MR) is 384 cm³/mol. The molecule has 91 heavy (non-hydrogen) atoms. The summed E-state index contributed by atoms with van der Waals surface area (Å²) < 4.78 is 55.3. The average molecular weight is 1300 g/mol. The van der Waals surface area contributed by atoms with Gasteiger partial charge in [-0.05, 0) is 198 Å². The number of nitrogens with zero attached hydrogens (tertiary/aromatic N) is 2. The summed E-state index contributed by atoms with van der Waals surface area (Å²) in [4.78, 5) is 0. The molecule has 0 atom stereocenters. The van der Waals surface area contributed by atoms with E-state index in [1.807, 2.05) is 6.07 Å². The topological polar surface area (TPSA) is 28.3 Å². The third kappa shape index (κ3) is 15.2. The Balaban J connectivity index is 0.00000320. The summed E-state index contributed by atoms with van der Waals surface area (Å²) >= 11 is 0.230. The molecule has 2 aromatic heterocycles. The van der Waals surface area contributed by atoms with Crippen molar-refractivity contribution in [2.45, 2.75) is 207 Å². The molecule has 0 aliphatic heterocycles. The Morgan fingerprint density at radius 1 is 0.363 bits per heavy atom. The van der Waals surface area contributed by atoms with E-state index >= 15 is 8.78 Å². The Labute approximate surface area is 557 Å². The monoisotopic (exact) mass is 1300 g/mol. The van der Waals surface area contributed by atoms with Gasteiger partial charge in [-0.25, -0.2) is 8.78 Å². The van der Waals surface area contributed by atoms with E-state index in [0.717, 1.165) is 74.1 Å². The first-order chi connectivity index (χ1) is 42.1. The van der Waals surface area contributed by atoms with Gasteiger partial charge in [0.05, 0.1) is 22.1 Å². The molecule has 0 N–H and O–H groups in total. The summed E-state index contributed by atoms with van der Waals surface area (Å²) in [7, 11) is 0. The summed E-state index contributed by atoms with van der Waals surface area (Å²) in [5, 5.41) is 4.81. The van der Waals surface area contributed by atoms with Crippen molar-refractivity contribution in [2.75, 3.05) is 13.2 Å². The quantitative estimate of drug-likeness (QED) is 0.108. The van der Waals surface area contributed by atoms with Crippen LogP contribution in [0.25, 0.3) is 77.2 Å². The van der Waals surface area contributed by atoms with Crippen LogP contribution in [0.3, 0.4) is 0 Å². The van der Waals surface area contributed by atoms with Crippen LogP contribution in [0, 0.1) is 22.5 Å². The van der Waals surface area contributed by atoms with Gasteiger partial charge < -0.3 is 18.6 Å². The molecule has 10 aromatic rings. The Kier molecular flexibility index (Phi) is 19.1. The van der Waals surface area contributed by atoms with Crippen LogP contribution in [0.1, 0.15) is 199 Å². The third-order valence-corrected chi connectivity index (χ3v) is 17.9. The molecule has 4 nitrogen and oxygen atoms in total. The molecule has 0 aliphatic carbocycles. The number of hydrogen-bond donors (Lipinski definition) is 0. The number of aromatic nitrogens is 2. The molecule has 0 radical (unpaired) electrons. The van der Waals surface area contributed by atoms with Gasteiger partial charge in [0, 0.05) is 49.6 Å². The molecule has 10 rings (SSSR count). The molecule has 0 fully saturated rings. The first kappa shape index (κ1) is 69.1. The number of hydrogen-bond acceptors (Lipinski definition) is 2.